The molecule has 0 aliphatic carbocycles. The molecule has 4 nitrogen and oxygen atoms in total. The molecule has 1 N–H and O–H groups in total. The van der Waals surface area contributed by atoms with Gasteiger partial charge in [0.25, 0.3) is 0 Å². The SMILES string of the molecule is CCC(NC)c1nc(CSc2cccc(F)c2)no1. The highest BCUT2D eigenvalue weighted by Gasteiger charge is 2.15. The van der Waals surface area contributed by atoms with Crippen LogP contribution in [0.1, 0.15) is 31.1 Å². The summed E-state index contributed by atoms with van der Waals surface area (Å²) in [5.74, 6) is 1.55. The molecule has 0 radical (unpaired) electrons. The van der Waals surface area contributed by atoms with Gasteiger partial charge in [0.15, 0.2) is 5.82 Å². The Hall–Kier alpha value is -1.40. The molecule has 1 atom stereocenters. The minimum atomic E-state index is -0.236. The zero-order valence-corrected chi connectivity index (χ0v) is 11.7. The van der Waals surface area contributed by atoms with Gasteiger partial charge in [0.05, 0.1) is 11.8 Å². The van der Waals surface area contributed by atoms with Crippen molar-refractivity contribution in [1.82, 2.24) is 15.5 Å². The normalized spacial score (nSPS) is 12.6. The van der Waals surface area contributed by atoms with Gasteiger partial charge in [-0.2, -0.15) is 4.98 Å². The van der Waals surface area contributed by atoms with Crippen molar-refractivity contribution in [1.29, 1.82) is 0 Å². The number of hydrogen-bond acceptors (Lipinski definition) is 5. The lowest BCUT2D eigenvalue weighted by Gasteiger charge is -2.06. The number of rotatable bonds is 6. The smallest absolute Gasteiger partial charge is 0.243 e. The maximum Gasteiger partial charge on any atom is 0.243 e. The summed E-state index contributed by atoms with van der Waals surface area (Å²) in [6.45, 7) is 2.05. The van der Waals surface area contributed by atoms with Crippen molar-refractivity contribution in [2.75, 3.05) is 7.05 Å². The van der Waals surface area contributed by atoms with E-state index in [2.05, 4.69) is 15.5 Å². The van der Waals surface area contributed by atoms with Gasteiger partial charge in [-0.05, 0) is 31.7 Å². The second kappa shape index (κ2) is 6.68. The Balaban J connectivity index is 1.97. The summed E-state index contributed by atoms with van der Waals surface area (Å²) in [7, 11) is 1.86. The molecule has 19 heavy (non-hydrogen) atoms. The predicted molar refractivity (Wildman–Crippen MR) is 72.4 cm³/mol. The predicted octanol–water partition coefficient (Wildman–Crippen LogP) is 3.17. The molecule has 2 rings (SSSR count). The molecule has 0 fully saturated rings. The highest BCUT2D eigenvalue weighted by atomic mass is 32.2. The fourth-order valence-electron chi connectivity index (χ4n) is 1.67. The van der Waals surface area contributed by atoms with Gasteiger partial charge in [0, 0.05) is 4.90 Å². The Bertz CT molecular complexity index is 528. The summed E-state index contributed by atoms with van der Waals surface area (Å²) in [6.07, 6.45) is 0.884. The van der Waals surface area contributed by atoms with Gasteiger partial charge < -0.3 is 9.84 Å². The topological polar surface area (TPSA) is 51.0 Å². The third-order valence-corrected chi connectivity index (χ3v) is 3.69. The van der Waals surface area contributed by atoms with E-state index in [4.69, 9.17) is 4.52 Å². The van der Waals surface area contributed by atoms with Crippen molar-refractivity contribution in [2.24, 2.45) is 0 Å². The van der Waals surface area contributed by atoms with Crippen LogP contribution < -0.4 is 5.32 Å². The van der Waals surface area contributed by atoms with Crippen LogP contribution in [0.5, 0.6) is 0 Å². The Morgan fingerprint density at radius 2 is 2.32 bits per heavy atom. The van der Waals surface area contributed by atoms with Crippen LogP contribution in [0.15, 0.2) is 33.7 Å². The molecule has 0 aliphatic heterocycles. The maximum absolute atomic E-state index is 13.0. The lowest BCUT2D eigenvalue weighted by molar-refractivity contribution is 0.332. The van der Waals surface area contributed by atoms with Crippen molar-refractivity contribution in [3.8, 4) is 0 Å². The van der Waals surface area contributed by atoms with E-state index in [9.17, 15) is 4.39 Å². The summed E-state index contributed by atoms with van der Waals surface area (Å²) in [5.41, 5.74) is 0. The molecule has 0 saturated heterocycles. The first-order chi connectivity index (χ1) is 9.22. The lowest BCUT2D eigenvalue weighted by Crippen LogP contribution is -2.15. The molecule has 102 valence electrons. The van der Waals surface area contributed by atoms with Crippen molar-refractivity contribution in [2.45, 2.75) is 30.0 Å². The number of benzene rings is 1. The fraction of sp³-hybridized carbons (Fsp3) is 0.385. The van der Waals surface area contributed by atoms with Crippen molar-refractivity contribution in [3.63, 3.8) is 0 Å². The van der Waals surface area contributed by atoms with Gasteiger partial charge in [-0.1, -0.05) is 18.1 Å². The van der Waals surface area contributed by atoms with Crippen LogP contribution in [-0.4, -0.2) is 17.2 Å². The monoisotopic (exact) mass is 281 g/mol. The standard InChI is InChI=1S/C13H16FN3OS/c1-3-11(15-2)13-16-12(17-18-13)8-19-10-6-4-5-9(14)7-10/h4-7,11,15H,3,8H2,1-2H3. The maximum atomic E-state index is 13.0. The number of halogens is 1. The summed E-state index contributed by atoms with van der Waals surface area (Å²) >= 11 is 1.48. The van der Waals surface area contributed by atoms with Gasteiger partial charge in [0.2, 0.25) is 5.89 Å². The minimum Gasteiger partial charge on any atom is -0.338 e. The highest BCUT2D eigenvalue weighted by Crippen LogP contribution is 2.23. The van der Waals surface area contributed by atoms with Crippen LogP contribution in [0.4, 0.5) is 4.39 Å². The summed E-state index contributed by atoms with van der Waals surface area (Å²) in [4.78, 5) is 5.19. The number of nitrogens with one attached hydrogen (secondary N) is 1. The van der Waals surface area contributed by atoms with Crippen molar-refractivity contribution >= 4 is 11.8 Å². The molecule has 1 heterocycles. The van der Waals surface area contributed by atoms with Crippen LogP contribution in [0.3, 0.4) is 0 Å². The van der Waals surface area contributed by atoms with E-state index in [1.54, 1.807) is 6.07 Å². The van der Waals surface area contributed by atoms with Crippen LogP contribution in [-0.2, 0) is 5.75 Å². The van der Waals surface area contributed by atoms with E-state index in [0.717, 1.165) is 11.3 Å². The third-order valence-electron chi connectivity index (χ3n) is 2.70. The van der Waals surface area contributed by atoms with E-state index in [1.165, 1.54) is 23.9 Å². The highest BCUT2D eigenvalue weighted by molar-refractivity contribution is 7.98. The fourth-order valence-corrected chi connectivity index (χ4v) is 2.46. The average molecular weight is 281 g/mol. The zero-order valence-electron chi connectivity index (χ0n) is 10.9. The molecular weight excluding hydrogens is 265 g/mol. The molecular formula is C13H16FN3OS. The van der Waals surface area contributed by atoms with Crippen LogP contribution in [0.2, 0.25) is 0 Å². The molecule has 1 aromatic carbocycles. The molecule has 0 spiro atoms. The Morgan fingerprint density at radius 1 is 1.47 bits per heavy atom. The van der Waals surface area contributed by atoms with Crippen molar-refractivity contribution < 1.29 is 8.91 Å². The second-order valence-electron chi connectivity index (χ2n) is 4.04. The van der Waals surface area contributed by atoms with E-state index >= 15 is 0 Å². The van der Waals surface area contributed by atoms with E-state index < -0.39 is 0 Å². The molecule has 2 aromatic rings. The number of nitrogens with zero attached hydrogens (tertiary/aromatic N) is 2. The third kappa shape index (κ3) is 3.78. The van der Waals surface area contributed by atoms with Crippen molar-refractivity contribution in [3.05, 3.63) is 41.8 Å². The first kappa shape index (κ1) is 14.0. The number of hydrogen-bond donors (Lipinski definition) is 1. The Labute approximate surface area is 115 Å². The van der Waals surface area contributed by atoms with Crippen LogP contribution in [0.25, 0.3) is 0 Å². The van der Waals surface area contributed by atoms with Gasteiger partial charge >= 0.3 is 0 Å². The van der Waals surface area contributed by atoms with E-state index in [1.807, 2.05) is 20.0 Å². The first-order valence-electron chi connectivity index (χ1n) is 6.11. The quantitative estimate of drug-likeness (QED) is 0.824. The van der Waals surface area contributed by atoms with Gasteiger partial charge in [-0.25, -0.2) is 4.39 Å². The molecule has 1 unspecified atom stereocenters. The number of aromatic nitrogens is 2. The first-order valence-corrected chi connectivity index (χ1v) is 7.09. The van der Waals surface area contributed by atoms with E-state index in [0.29, 0.717) is 17.5 Å². The zero-order chi connectivity index (χ0) is 13.7. The average Bonchev–Trinajstić information content (AvgIpc) is 2.87. The molecule has 0 saturated carbocycles. The van der Waals surface area contributed by atoms with Gasteiger partial charge in [0.1, 0.15) is 5.82 Å². The molecule has 0 bridgehead atoms. The summed E-state index contributed by atoms with van der Waals surface area (Å²) in [5, 5.41) is 7.04. The molecule has 6 heteroatoms. The van der Waals surface area contributed by atoms with Crippen LogP contribution >= 0.6 is 11.8 Å². The van der Waals surface area contributed by atoms with Gasteiger partial charge in [-0.15, -0.1) is 11.8 Å². The Kier molecular flexibility index (Phi) is 4.93. The minimum absolute atomic E-state index is 0.0837. The summed E-state index contributed by atoms with van der Waals surface area (Å²) < 4.78 is 18.2. The number of thioether (sulfide) groups is 1. The van der Waals surface area contributed by atoms with Gasteiger partial charge in [-0.3, -0.25) is 0 Å². The molecule has 0 amide bonds. The molecule has 0 aliphatic rings. The largest absolute Gasteiger partial charge is 0.338 e. The lowest BCUT2D eigenvalue weighted by atomic mass is 10.2. The Morgan fingerprint density at radius 3 is 3.00 bits per heavy atom. The van der Waals surface area contributed by atoms with E-state index in [-0.39, 0.29) is 11.9 Å². The van der Waals surface area contributed by atoms with Crippen LogP contribution in [0, 0.1) is 5.82 Å². The second-order valence-corrected chi connectivity index (χ2v) is 5.09. The summed E-state index contributed by atoms with van der Waals surface area (Å²) in [6, 6.07) is 6.55. The molecule has 1 aromatic heterocycles.